The number of carbonyl (C=O) groups is 1. The molecule has 0 spiro atoms. The Kier molecular flexibility index (Phi) is 3.54. The summed E-state index contributed by atoms with van der Waals surface area (Å²) in [6.07, 6.45) is 5.33. The van der Waals surface area contributed by atoms with E-state index in [2.05, 4.69) is 27.6 Å². The van der Waals surface area contributed by atoms with Crippen LogP contribution >= 0.6 is 0 Å². The number of nitrogens with one attached hydrogen (secondary N) is 2. The molecule has 2 atom stereocenters. The molecule has 6 heteroatoms. The van der Waals surface area contributed by atoms with Crippen LogP contribution < -0.4 is 5.32 Å². The van der Waals surface area contributed by atoms with E-state index in [-0.39, 0.29) is 12.3 Å². The monoisotopic (exact) mass is 274 g/mol. The molecule has 0 aromatic carbocycles. The van der Waals surface area contributed by atoms with Gasteiger partial charge < -0.3 is 9.84 Å². The lowest BCUT2D eigenvalue weighted by atomic mass is 10.0. The topological polar surface area (TPSA) is 83.8 Å². The summed E-state index contributed by atoms with van der Waals surface area (Å²) in [5, 5.41) is 13.5. The third-order valence-corrected chi connectivity index (χ3v) is 3.83. The molecule has 0 bridgehead atoms. The lowest BCUT2D eigenvalue weighted by molar-refractivity contribution is -0.115. The van der Waals surface area contributed by atoms with Crippen molar-refractivity contribution in [3.8, 4) is 0 Å². The molecule has 1 saturated carbocycles. The predicted molar refractivity (Wildman–Crippen MR) is 73.2 cm³/mol. The van der Waals surface area contributed by atoms with Crippen molar-refractivity contribution in [2.75, 3.05) is 5.32 Å². The molecular weight excluding hydrogens is 256 g/mol. The summed E-state index contributed by atoms with van der Waals surface area (Å²) >= 11 is 0. The zero-order chi connectivity index (χ0) is 13.9. The zero-order valence-corrected chi connectivity index (χ0v) is 11.4. The van der Waals surface area contributed by atoms with E-state index in [1.165, 1.54) is 25.5 Å². The Labute approximate surface area is 116 Å². The first-order chi connectivity index (χ1) is 9.70. The minimum Gasteiger partial charge on any atom is -0.361 e. The molecular formula is C14H18N4O2. The standard InChI is InChI=1S/C14H18N4O2/c1-9-2-3-10(6-9)12-8-13(18-17-12)16-14(19)7-11-4-5-15-20-11/h4-5,8-10H,2-3,6-7H2,1H3,(H2,16,17,18,19)/t9-,10+/m1/s1. The third-order valence-electron chi connectivity index (χ3n) is 3.83. The molecule has 1 aliphatic rings. The summed E-state index contributed by atoms with van der Waals surface area (Å²) in [4.78, 5) is 11.8. The van der Waals surface area contributed by atoms with Crippen molar-refractivity contribution < 1.29 is 9.32 Å². The van der Waals surface area contributed by atoms with Crippen molar-refractivity contribution in [3.63, 3.8) is 0 Å². The first kappa shape index (κ1) is 12.9. The molecule has 0 saturated heterocycles. The van der Waals surface area contributed by atoms with Gasteiger partial charge in [-0.1, -0.05) is 18.5 Å². The Hall–Kier alpha value is -2.11. The molecule has 3 rings (SSSR count). The minimum atomic E-state index is -0.153. The zero-order valence-electron chi connectivity index (χ0n) is 11.4. The van der Waals surface area contributed by atoms with E-state index in [0.717, 1.165) is 11.6 Å². The number of hydrogen-bond donors (Lipinski definition) is 2. The van der Waals surface area contributed by atoms with E-state index < -0.39 is 0 Å². The predicted octanol–water partition coefficient (Wildman–Crippen LogP) is 2.48. The Bertz CT molecular complexity index is 576. The molecule has 106 valence electrons. The normalized spacial score (nSPS) is 22.1. The van der Waals surface area contributed by atoms with E-state index >= 15 is 0 Å². The van der Waals surface area contributed by atoms with Gasteiger partial charge in [0.2, 0.25) is 5.91 Å². The number of amides is 1. The van der Waals surface area contributed by atoms with Gasteiger partial charge in [-0.3, -0.25) is 9.89 Å². The number of nitrogens with zero attached hydrogens (tertiary/aromatic N) is 2. The van der Waals surface area contributed by atoms with Gasteiger partial charge in [-0.25, -0.2) is 0 Å². The highest BCUT2D eigenvalue weighted by molar-refractivity contribution is 5.91. The molecule has 0 aliphatic heterocycles. The second-order valence-corrected chi connectivity index (χ2v) is 5.53. The van der Waals surface area contributed by atoms with E-state index in [1.54, 1.807) is 6.07 Å². The molecule has 0 unspecified atom stereocenters. The van der Waals surface area contributed by atoms with Crippen molar-refractivity contribution in [2.24, 2.45) is 5.92 Å². The second-order valence-electron chi connectivity index (χ2n) is 5.53. The Morgan fingerprint density at radius 3 is 3.15 bits per heavy atom. The molecule has 2 heterocycles. The molecule has 0 radical (unpaired) electrons. The molecule has 2 aromatic rings. The molecule has 2 aromatic heterocycles. The van der Waals surface area contributed by atoms with Gasteiger partial charge in [-0.15, -0.1) is 0 Å². The van der Waals surface area contributed by atoms with Crippen LogP contribution in [0.3, 0.4) is 0 Å². The third kappa shape index (κ3) is 2.89. The highest BCUT2D eigenvalue weighted by atomic mass is 16.5. The van der Waals surface area contributed by atoms with Gasteiger partial charge in [0, 0.05) is 23.7 Å². The highest BCUT2D eigenvalue weighted by Gasteiger charge is 2.24. The average molecular weight is 274 g/mol. The molecule has 1 fully saturated rings. The van der Waals surface area contributed by atoms with Gasteiger partial charge in [-0.05, 0) is 18.8 Å². The van der Waals surface area contributed by atoms with Crippen molar-refractivity contribution >= 4 is 11.7 Å². The summed E-state index contributed by atoms with van der Waals surface area (Å²) < 4.78 is 4.90. The lowest BCUT2D eigenvalue weighted by Crippen LogP contribution is -2.14. The smallest absolute Gasteiger partial charge is 0.233 e. The number of H-pyrrole nitrogens is 1. The first-order valence-corrected chi connectivity index (χ1v) is 6.95. The van der Waals surface area contributed by atoms with E-state index in [4.69, 9.17) is 4.52 Å². The van der Waals surface area contributed by atoms with E-state index in [9.17, 15) is 4.79 Å². The largest absolute Gasteiger partial charge is 0.361 e. The molecule has 1 aliphatic carbocycles. The van der Waals surface area contributed by atoms with Crippen LogP contribution in [0.25, 0.3) is 0 Å². The van der Waals surface area contributed by atoms with Crippen molar-refractivity contribution in [1.29, 1.82) is 0 Å². The van der Waals surface area contributed by atoms with Gasteiger partial charge in [-0.2, -0.15) is 5.10 Å². The number of aromatic nitrogens is 3. The number of hydrogen-bond acceptors (Lipinski definition) is 4. The van der Waals surface area contributed by atoms with Crippen LogP contribution in [0.5, 0.6) is 0 Å². The van der Waals surface area contributed by atoms with Crippen molar-refractivity contribution in [3.05, 3.63) is 29.8 Å². The van der Waals surface area contributed by atoms with Gasteiger partial charge in [0.15, 0.2) is 5.82 Å². The Morgan fingerprint density at radius 1 is 1.55 bits per heavy atom. The van der Waals surface area contributed by atoms with Crippen LogP contribution in [0.15, 0.2) is 22.9 Å². The van der Waals surface area contributed by atoms with Gasteiger partial charge in [0.05, 0.1) is 12.6 Å². The SMILES string of the molecule is C[C@@H]1CC[C@H](c2cc(NC(=O)Cc3ccno3)n[nH]2)C1. The maximum absolute atomic E-state index is 11.8. The van der Waals surface area contributed by atoms with E-state index in [0.29, 0.717) is 17.5 Å². The fraction of sp³-hybridized carbons (Fsp3) is 0.500. The maximum Gasteiger partial charge on any atom is 0.233 e. The quantitative estimate of drug-likeness (QED) is 0.897. The first-order valence-electron chi connectivity index (χ1n) is 6.95. The van der Waals surface area contributed by atoms with Crippen LogP contribution in [0.1, 0.15) is 43.6 Å². The lowest BCUT2D eigenvalue weighted by Gasteiger charge is -2.04. The average Bonchev–Trinajstić information content (AvgIpc) is 3.10. The van der Waals surface area contributed by atoms with Crippen molar-refractivity contribution in [2.45, 2.75) is 38.5 Å². The van der Waals surface area contributed by atoms with Gasteiger partial charge in [0.1, 0.15) is 5.76 Å². The van der Waals surface area contributed by atoms with Crippen LogP contribution in [0.4, 0.5) is 5.82 Å². The van der Waals surface area contributed by atoms with Crippen LogP contribution in [-0.2, 0) is 11.2 Å². The fourth-order valence-electron chi connectivity index (χ4n) is 2.78. The Balaban J connectivity index is 1.58. The second kappa shape index (κ2) is 5.48. The number of anilines is 1. The van der Waals surface area contributed by atoms with Crippen LogP contribution in [-0.4, -0.2) is 21.3 Å². The maximum atomic E-state index is 11.8. The summed E-state index contributed by atoms with van der Waals surface area (Å²) in [6.45, 7) is 2.27. The fourth-order valence-corrected chi connectivity index (χ4v) is 2.78. The summed E-state index contributed by atoms with van der Waals surface area (Å²) in [7, 11) is 0. The summed E-state index contributed by atoms with van der Waals surface area (Å²) in [6, 6.07) is 3.61. The van der Waals surface area contributed by atoms with Crippen LogP contribution in [0.2, 0.25) is 0 Å². The number of aromatic amines is 1. The Morgan fingerprint density at radius 2 is 2.45 bits per heavy atom. The highest BCUT2D eigenvalue weighted by Crippen LogP contribution is 2.37. The van der Waals surface area contributed by atoms with Gasteiger partial charge in [0.25, 0.3) is 0 Å². The summed E-state index contributed by atoms with van der Waals surface area (Å²) in [5.74, 6) is 2.27. The van der Waals surface area contributed by atoms with Crippen molar-refractivity contribution in [1.82, 2.24) is 15.4 Å². The number of carbonyl (C=O) groups excluding carboxylic acids is 1. The van der Waals surface area contributed by atoms with Crippen LogP contribution in [0, 0.1) is 5.92 Å². The molecule has 20 heavy (non-hydrogen) atoms. The van der Waals surface area contributed by atoms with E-state index in [1.807, 2.05) is 6.07 Å². The number of rotatable bonds is 4. The van der Waals surface area contributed by atoms with Gasteiger partial charge >= 0.3 is 0 Å². The molecule has 6 nitrogen and oxygen atoms in total. The summed E-state index contributed by atoms with van der Waals surface area (Å²) in [5.41, 5.74) is 1.12. The molecule has 2 N–H and O–H groups in total. The molecule has 1 amide bonds. The minimum absolute atomic E-state index is 0.153.